The molecule has 0 aliphatic rings. The predicted octanol–water partition coefficient (Wildman–Crippen LogP) is 4.42. The van der Waals surface area contributed by atoms with Crippen molar-refractivity contribution in [2.45, 2.75) is 18.4 Å². The largest absolute Gasteiger partial charge is 0.496 e. The van der Waals surface area contributed by atoms with E-state index in [1.807, 2.05) is 42.5 Å². The van der Waals surface area contributed by atoms with Crippen molar-refractivity contribution in [1.29, 1.82) is 0 Å². The van der Waals surface area contributed by atoms with Crippen molar-refractivity contribution in [2.24, 2.45) is 0 Å². The second kappa shape index (κ2) is 8.14. The summed E-state index contributed by atoms with van der Waals surface area (Å²) in [4.78, 5) is 0.281. The number of ether oxygens (including phenoxy) is 1. The fraction of sp³-hybridized carbons (Fsp3) is 0.143. The number of anilines is 2. The zero-order chi connectivity index (χ0) is 19.3. The molecule has 2 N–H and O–H groups in total. The van der Waals surface area contributed by atoms with Crippen LogP contribution in [0, 0.1) is 6.92 Å². The van der Waals surface area contributed by atoms with Crippen molar-refractivity contribution in [3.8, 4) is 5.75 Å². The molecular formula is C21H22N2O3S. The zero-order valence-corrected chi connectivity index (χ0v) is 16.1. The van der Waals surface area contributed by atoms with E-state index >= 15 is 0 Å². The Bertz CT molecular complexity index is 1020. The summed E-state index contributed by atoms with van der Waals surface area (Å²) in [6, 6.07) is 21.9. The molecule has 3 aromatic carbocycles. The minimum atomic E-state index is -3.61. The van der Waals surface area contributed by atoms with E-state index in [0.29, 0.717) is 17.8 Å². The topological polar surface area (TPSA) is 67.4 Å². The first-order valence-electron chi connectivity index (χ1n) is 8.54. The van der Waals surface area contributed by atoms with Crippen LogP contribution in [0.3, 0.4) is 0 Å². The van der Waals surface area contributed by atoms with Crippen LogP contribution in [0.2, 0.25) is 0 Å². The number of sulfonamides is 1. The van der Waals surface area contributed by atoms with Crippen LogP contribution in [0.15, 0.2) is 77.7 Å². The molecule has 0 bridgehead atoms. The van der Waals surface area contributed by atoms with Crippen molar-refractivity contribution in [2.75, 3.05) is 17.1 Å². The molecule has 0 heterocycles. The number of hydrogen-bond acceptors (Lipinski definition) is 4. The Balaban J connectivity index is 1.68. The normalized spacial score (nSPS) is 11.0. The molecule has 0 atom stereocenters. The van der Waals surface area contributed by atoms with Crippen molar-refractivity contribution < 1.29 is 13.2 Å². The van der Waals surface area contributed by atoms with Gasteiger partial charge in [0, 0.05) is 23.5 Å². The summed E-state index contributed by atoms with van der Waals surface area (Å²) >= 11 is 0. The first-order valence-corrected chi connectivity index (χ1v) is 10.0. The summed E-state index contributed by atoms with van der Waals surface area (Å²) in [7, 11) is -1.96. The van der Waals surface area contributed by atoms with Gasteiger partial charge in [0.25, 0.3) is 10.0 Å². The van der Waals surface area contributed by atoms with Gasteiger partial charge >= 0.3 is 0 Å². The summed E-state index contributed by atoms with van der Waals surface area (Å²) in [5.41, 5.74) is 3.16. The number of para-hydroxylation sites is 1. The van der Waals surface area contributed by atoms with E-state index in [4.69, 9.17) is 4.74 Å². The molecule has 3 aromatic rings. The second-order valence-corrected chi connectivity index (χ2v) is 7.76. The van der Waals surface area contributed by atoms with E-state index in [-0.39, 0.29) is 4.90 Å². The first-order chi connectivity index (χ1) is 13.0. The third-order valence-electron chi connectivity index (χ3n) is 4.20. The monoisotopic (exact) mass is 382 g/mol. The molecule has 6 heteroatoms. The zero-order valence-electron chi connectivity index (χ0n) is 15.3. The van der Waals surface area contributed by atoms with E-state index in [0.717, 1.165) is 17.0 Å². The molecule has 0 amide bonds. The van der Waals surface area contributed by atoms with E-state index in [9.17, 15) is 8.42 Å². The molecule has 27 heavy (non-hydrogen) atoms. The molecule has 0 aromatic heterocycles. The molecule has 0 spiro atoms. The lowest BCUT2D eigenvalue weighted by Crippen LogP contribution is -2.14. The van der Waals surface area contributed by atoms with E-state index in [1.54, 1.807) is 44.4 Å². The van der Waals surface area contributed by atoms with Gasteiger partial charge in [-0.05, 0) is 48.9 Å². The van der Waals surface area contributed by atoms with Gasteiger partial charge in [0.05, 0.1) is 12.0 Å². The molecule has 0 unspecified atom stereocenters. The Morgan fingerprint density at radius 1 is 0.852 bits per heavy atom. The van der Waals surface area contributed by atoms with Crippen LogP contribution in [0.5, 0.6) is 5.75 Å². The molecule has 3 rings (SSSR count). The number of benzene rings is 3. The maximum absolute atomic E-state index is 12.5. The smallest absolute Gasteiger partial charge is 0.262 e. The summed E-state index contributed by atoms with van der Waals surface area (Å²) in [6.07, 6.45) is 0. The van der Waals surface area contributed by atoms with Crippen LogP contribution in [0.25, 0.3) is 0 Å². The Morgan fingerprint density at radius 3 is 2.19 bits per heavy atom. The van der Waals surface area contributed by atoms with E-state index in [1.165, 1.54) is 0 Å². The van der Waals surface area contributed by atoms with Crippen LogP contribution in [0.4, 0.5) is 11.4 Å². The summed E-state index contributed by atoms with van der Waals surface area (Å²) in [5, 5.41) is 3.31. The quantitative estimate of drug-likeness (QED) is 0.635. The average molecular weight is 382 g/mol. The van der Waals surface area contributed by atoms with Gasteiger partial charge in [0.15, 0.2) is 0 Å². The van der Waals surface area contributed by atoms with Crippen molar-refractivity contribution in [3.05, 3.63) is 83.9 Å². The van der Waals surface area contributed by atoms with Gasteiger partial charge < -0.3 is 10.1 Å². The van der Waals surface area contributed by atoms with Gasteiger partial charge in [-0.15, -0.1) is 0 Å². The second-order valence-electron chi connectivity index (χ2n) is 6.11. The van der Waals surface area contributed by atoms with Crippen molar-refractivity contribution in [1.82, 2.24) is 0 Å². The van der Waals surface area contributed by atoms with Gasteiger partial charge in [-0.25, -0.2) is 8.42 Å². The maximum Gasteiger partial charge on any atom is 0.262 e. The van der Waals surface area contributed by atoms with Gasteiger partial charge in [0.1, 0.15) is 5.75 Å². The molecular weight excluding hydrogens is 360 g/mol. The highest BCUT2D eigenvalue weighted by molar-refractivity contribution is 7.92. The summed E-state index contributed by atoms with van der Waals surface area (Å²) in [6.45, 7) is 2.39. The average Bonchev–Trinajstić information content (AvgIpc) is 2.67. The van der Waals surface area contributed by atoms with Crippen LogP contribution < -0.4 is 14.8 Å². The van der Waals surface area contributed by atoms with Crippen LogP contribution in [-0.2, 0) is 16.6 Å². The molecule has 0 aliphatic heterocycles. The highest BCUT2D eigenvalue weighted by Gasteiger charge is 2.16. The van der Waals surface area contributed by atoms with Crippen molar-refractivity contribution in [3.63, 3.8) is 0 Å². The third-order valence-corrected chi connectivity index (χ3v) is 5.74. The van der Waals surface area contributed by atoms with Gasteiger partial charge in [0.2, 0.25) is 0 Å². The molecule has 5 nitrogen and oxygen atoms in total. The highest BCUT2D eigenvalue weighted by atomic mass is 32.2. The van der Waals surface area contributed by atoms with Gasteiger partial charge in [-0.3, -0.25) is 4.72 Å². The third kappa shape index (κ3) is 4.60. The minimum absolute atomic E-state index is 0.281. The highest BCUT2D eigenvalue weighted by Crippen LogP contribution is 2.22. The Labute approximate surface area is 160 Å². The fourth-order valence-corrected chi connectivity index (χ4v) is 4.08. The van der Waals surface area contributed by atoms with Crippen LogP contribution in [0.1, 0.15) is 11.1 Å². The number of aryl methyl sites for hydroxylation is 1. The fourth-order valence-electron chi connectivity index (χ4n) is 2.77. The molecule has 0 radical (unpaired) electrons. The summed E-state index contributed by atoms with van der Waals surface area (Å²) in [5.74, 6) is 0.826. The van der Waals surface area contributed by atoms with Crippen LogP contribution >= 0.6 is 0 Å². The predicted molar refractivity (Wildman–Crippen MR) is 109 cm³/mol. The standard InChI is InChI=1S/C21H22N2O3S/c1-16-7-3-6-10-21(16)27(24,25)23-19-13-11-18(12-14-19)22-15-17-8-4-5-9-20(17)26-2/h3-14,22-23H,15H2,1-2H3. The lowest BCUT2D eigenvalue weighted by atomic mass is 10.2. The molecule has 0 saturated heterocycles. The van der Waals surface area contributed by atoms with Crippen molar-refractivity contribution >= 4 is 21.4 Å². The molecule has 140 valence electrons. The van der Waals surface area contributed by atoms with E-state index < -0.39 is 10.0 Å². The van der Waals surface area contributed by atoms with Crippen LogP contribution in [-0.4, -0.2) is 15.5 Å². The number of hydrogen-bond donors (Lipinski definition) is 2. The Morgan fingerprint density at radius 2 is 1.48 bits per heavy atom. The number of nitrogens with one attached hydrogen (secondary N) is 2. The molecule has 0 aliphatic carbocycles. The molecule has 0 fully saturated rings. The Kier molecular flexibility index (Phi) is 5.66. The first kappa shape index (κ1) is 18.8. The number of methoxy groups -OCH3 is 1. The number of rotatable bonds is 7. The Hall–Kier alpha value is -2.99. The maximum atomic E-state index is 12.5. The van der Waals surface area contributed by atoms with Gasteiger partial charge in [-0.1, -0.05) is 36.4 Å². The van der Waals surface area contributed by atoms with E-state index in [2.05, 4.69) is 10.0 Å². The minimum Gasteiger partial charge on any atom is -0.496 e. The lowest BCUT2D eigenvalue weighted by molar-refractivity contribution is 0.410. The van der Waals surface area contributed by atoms with Gasteiger partial charge in [-0.2, -0.15) is 0 Å². The SMILES string of the molecule is COc1ccccc1CNc1ccc(NS(=O)(=O)c2ccccc2C)cc1. The molecule has 0 saturated carbocycles. The lowest BCUT2D eigenvalue weighted by Gasteiger charge is -2.12. The summed E-state index contributed by atoms with van der Waals surface area (Å²) < 4.78 is 33.1.